The van der Waals surface area contributed by atoms with E-state index in [2.05, 4.69) is 15.2 Å². The number of rotatable bonds is 2. The Hall–Kier alpha value is -1.97. The summed E-state index contributed by atoms with van der Waals surface area (Å²) in [5.74, 6) is 0.884. The highest BCUT2D eigenvalue weighted by Crippen LogP contribution is 2.03. The number of nitrogens with zero attached hydrogens (tertiary/aromatic N) is 3. The van der Waals surface area contributed by atoms with Crippen molar-refractivity contribution in [2.24, 2.45) is 4.99 Å². The molecule has 4 nitrogen and oxygen atoms in total. The van der Waals surface area contributed by atoms with Gasteiger partial charge in [0, 0.05) is 11.4 Å². The van der Waals surface area contributed by atoms with Crippen LogP contribution >= 0.6 is 0 Å². The van der Waals surface area contributed by atoms with Crippen molar-refractivity contribution in [3.05, 3.63) is 46.6 Å². The maximum atomic E-state index is 5.24. The monoisotopic (exact) mass is 185 g/mol. The van der Waals surface area contributed by atoms with Crippen molar-refractivity contribution in [2.75, 3.05) is 0 Å². The Morgan fingerprint density at radius 3 is 3.07 bits per heavy atom. The molecule has 3 rings (SSSR count). The lowest BCUT2D eigenvalue weighted by molar-refractivity contribution is 0.517. The predicted octanol–water partition coefficient (Wildman–Crippen LogP) is 0.0316. The fraction of sp³-hybridized carbons (Fsp3) is 0.100. The van der Waals surface area contributed by atoms with Gasteiger partial charge < -0.3 is 4.42 Å². The van der Waals surface area contributed by atoms with Crippen LogP contribution in [-0.4, -0.2) is 10.2 Å². The van der Waals surface area contributed by atoms with E-state index in [1.165, 1.54) is 0 Å². The van der Waals surface area contributed by atoms with Crippen molar-refractivity contribution in [3.63, 3.8) is 0 Å². The highest BCUT2D eigenvalue weighted by Gasteiger charge is 2.07. The molecule has 0 radical (unpaired) electrons. The molecule has 0 aliphatic carbocycles. The standard InChI is InChI=1S/C10H7N3O/c1-2-8(14-3-1)4-9-10-7(5-11-10)6-12-13-9/h1-3,5-6H,4H2. The molecule has 0 N–H and O–H groups in total. The van der Waals surface area contributed by atoms with Crippen molar-refractivity contribution in [3.8, 4) is 0 Å². The summed E-state index contributed by atoms with van der Waals surface area (Å²) < 4.78 is 5.24. The molecule has 3 heterocycles. The van der Waals surface area contributed by atoms with Gasteiger partial charge in [-0.1, -0.05) is 0 Å². The molecule has 0 saturated heterocycles. The largest absolute Gasteiger partial charge is 0.469 e. The second-order valence-electron chi connectivity index (χ2n) is 3.11. The van der Waals surface area contributed by atoms with E-state index in [0.717, 1.165) is 22.0 Å². The summed E-state index contributed by atoms with van der Waals surface area (Å²) in [6.07, 6.45) is 5.81. The van der Waals surface area contributed by atoms with E-state index in [1.807, 2.05) is 12.1 Å². The average Bonchev–Trinajstić information content (AvgIpc) is 2.61. The van der Waals surface area contributed by atoms with E-state index in [4.69, 9.17) is 4.42 Å². The van der Waals surface area contributed by atoms with Crippen molar-refractivity contribution in [1.29, 1.82) is 0 Å². The Morgan fingerprint density at radius 2 is 2.36 bits per heavy atom. The SMILES string of the molecule is C1=c2cnnc(Cc3ccco3)c2=N1. The number of hydrogen-bond acceptors (Lipinski definition) is 4. The summed E-state index contributed by atoms with van der Waals surface area (Å²) in [7, 11) is 0. The lowest BCUT2D eigenvalue weighted by Gasteiger charge is -2.01. The van der Waals surface area contributed by atoms with Crippen LogP contribution in [0, 0.1) is 0 Å². The normalized spacial score (nSPS) is 12.3. The molecule has 0 unspecified atom stereocenters. The molecule has 0 saturated carbocycles. The van der Waals surface area contributed by atoms with E-state index in [1.54, 1.807) is 18.7 Å². The van der Waals surface area contributed by atoms with Gasteiger partial charge in [0.05, 0.1) is 29.9 Å². The Morgan fingerprint density at radius 1 is 1.36 bits per heavy atom. The first kappa shape index (κ1) is 7.44. The summed E-state index contributed by atoms with van der Waals surface area (Å²) >= 11 is 0. The van der Waals surface area contributed by atoms with Crippen LogP contribution in [0.2, 0.25) is 0 Å². The number of aromatic nitrogens is 2. The lowest BCUT2D eigenvalue weighted by atomic mass is 10.2. The van der Waals surface area contributed by atoms with Gasteiger partial charge in [0.25, 0.3) is 0 Å². The first-order valence-electron chi connectivity index (χ1n) is 4.34. The van der Waals surface area contributed by atoms with E-state index in [-0.39, 0.29) is 0 Å². The van der Waals surface area contributed by atoms with Crippen molar-refractivity contribution in [2.45, 2.75) is 6.42 Å². The number of fused-ring (bicyclic) bond motifs is 1. The van der Waals surface area contributed by atoms with Gasteiger partial charge in [0.1, 0.15) is 5.76 Å². The van der Waals surface area contributed by atoms with Crippen molar-refractivity contribution in [1.82, 2.24) is 10.2 Å². The molecule has 1 aliphatic heterocycles. The highest BCUT2D eigenvalue weighted by molar-refractivity contribution is 5.30. The zero-order valence-electron chi connectivity index (χ0n) is 7.34. The molecule has 4 heteroatoms. The first-order valence-corrected chi connectivity index (χ1v) is 4.34. The average molecular weight is 185 g/mol. The summed E-state index contributed by atoms with van der Waals surface area (Å²) in [5, 5.41) is 9.93. The Bertz CT molecular complexity index is 572. The molecule has 0 aromatic carbocycles. The van der Waals surface area contributed by atoms with Gasteiger partial charge in [0.2, 0.25) is 0 Å². The quantitative estimate of drug-likeness (QED) is 0.663. The van der Waals surface area contributed by atoms with E-state index in [0.29, 0.717) is 6.42 Å². The molecule has 0 atom stereocenters. The molecular formula is C10H7N3O. The number of furan rings is 1. The summed E-state index contributed by atoms with van der Waals surface area (Å²) in [6, 6.07) is 3.78. The Labute approximate surface area is 79.6 Å². The van der Waals surface area contributed by atoms with E-state index in [9.17, 15) is 0 Å². The van der Waals surface area contributed by atoms with Gasteiger partial charge in [0.15, 0.2) is 0 Å². The van der Waals surface area contributed by atoms with Gasteiger partial charge in [-0.25, -0.2) is 0 Å². The molecule has 0 fully saturated rings. The summed E-state index contributed by atoms with van der Waals surface area (Å²) in [6.45, 7) is 0. The van der Waals surface area contributed by atoms with Crippen LogP contribution in [0.1, 0.15) is 11.5 Å². The summed E-state index contributed by atoms with van der Waals surface area (Å²) in [4.78, 5) is 4.14. The van der Waals surface area contributed by atoms with Gasteiger partial charge in [-0.05, 0) is 12.1 Å². The Kier molecular flexibility index (Phi) is 1.47. The van der Waals surface area contributed by atoms with Gasteiger partial charge in [-0.15, -0.1) is 0 Å². The van der Waals surface area contributed by atoms with E-state index >= 15 is 0 Å². The molecule has 14 heavy (non-hydrogen) atoms. The maximum Gasteiger partial charge on any atom is 0.109 e. The first-order chi connectivity index (χ1) is 6.93. The zero-order valence-corrected chi connectivity index (χ0v) is 7.34. The molecule has 1 aliphatic rings. The van der Waals surface area contributed by atoms with Crippen LogP contribution in [0.25, 0.3) is 6.20 Å². The second-order valence-corrected chi connectivity index (χ2v) is 3.11. The van der Waals surface area contributed by atoms with Crippen LogP contribution in [0.15, 0.2) is 34.0 Å². The van der Waals surface area contributed by atoms with Crippen molar-refractivity contribution < 1.29 is 4.42 Å². The molecule has 68 valence electrons. The fourth-order valence-electron chi connectivity index (χ4n) is 1.44. The molecule has 2 aromatic rings. The van der Waals surface area contributed by atoms with Gasteiger partial charge in [-0.2, -0.15) is 10.2 Å². The summed E-state index contributed by atoms with van der Waals surface area (Å²) in [5.41, 5.74) is 0.875. The minimum absolute atomic E-state index is 0.653. The van der Waals surface area contributed by atoms with Crippen LogP contribution in [0.5, 0.6) is 0 Å². The molecule has 0 bridgehead atoms. The van der Waals surface area contributed by atoms with Crippen LogP contribution < -0.4 is 10.6 Å². The highest BCUT2D eigenvalue weighted by atomic mass is 16.3. The smallest absolute Gasteiger partial charge is 0.109 e. The third-order valence-corrected chi connectivity index (χ3v) is 2.18. The molecule has 2 aromatic heterocycles. The lowest BCUT2D eigenvalue weighted by Crippen LogP contribution is -2.36. The van der Waals surface area contributed by atoms with Crippen LogP contribution in [0.4, 0.5) is 0 Å². The van der Waals surface area contributed by atoms with Crippen molar-refractivity contribution >= 4 is 6.20 Å². The third-order valence-electron chi connectivity index (χ3n) is 2.18. The third kappa shape index (κ3) is 1.04. The van der Waals surface area contributed by atoms with Crippen LogP contribution in [0.3, 0.4) is 0 Å². The molecule has 0 amide bonds. The maximum absolute atomic E-state index is 5.24. The van der Waals surface area contributed by atoms with Gasteiger partial charge in [-0.3, -0.25) is 4.99 Å². The minimum Gasteiger partial charge on any atom is -0.469 e. The molecular weight excluding hydrogens is 178 g/mol. The zero-order chi connectivity index (χ0) is 9.38. The molecule has 0 spiro atoms. The Balaban J connectivity index is 2.04. The fourth-order valence-corrected chi connectivity index (χ4v) is 1.44. The second kappa shape index (κ2) is 2.77. The predicted molar refractivity (Wildman–Crippen MR) is 48.8 cm³/mol. The van der Waals surface area contributed by atoms with Crippen LogP contribution in [-0.2, 0) is 6.42 Å². The van der Waals surface area contributed by atoms with Gasteiger partial charge >= 0.3 is 0 Å². The van der Waals surface area contributed by atoms with E-state index < -0.39 is 0 Å². The number of hydrogen-bond donors (Lipinski definition) is 0. The minimum atomic E-state index is 0.653. The topological polar surface area (TPSA) is 51.3 Å².